The molecule has 0 aliphatic rings. The zero-order valence-electron chi connectivity index (χ0n) is 24.3. The fraction of sp³-hybridized carbons (Fsp3) is 0.0811. The van der Waals surface area contributed by atoms with Crippen molar-refractivity contribution in [2.75, 3.05) is 4.90 Å². The lowest BCUT2D eigenvalue weighted by Gasteiger charge is -2.27. The number of fused-ring (bicyclic) bond motifs is 1. The Labute approximate surface area is 258 Å². The van der Waals surface area contributed by atoms with Crippen LogP contribution in [-0.2, 0) is 0 Å². The lowest BCUT2D eigenvalue weighted by molar-refractivity contribution is -0.384. The lowest BCUT2D eigenvalue weighted by atomic mass is 9.91. The molecule has 0 saturated carbocycles. The largest absolute Gasteiger partial charge is 0.311 e. The average molecular weight is 599 g/mol. The normalized spacial score (nSPS) is 11.4. The van der Waals surface area contributed by atoms with Gasteiger partial charge in [-0.1, -0.05) is 115 Å². The zero-order valence-corrected chi connectivity index (χ0v) is 26.0. The summed E-state index contributed by atoms with van der Waals surface area (Å²) in [5, 5.41) is 15.6. The third kappa shape index (κ3) is 5.70. The van der Waals surface area contributed by atoms with Gasteiger partial charge in [0, 0.05) is 28.2 Å². The van der Waals surface area contributed by atoms with E-state index >= 15 is 0 Å². The first kappa shape index (κ1) is 28.4. The Balaban J connectivity index is 1.42. The van der Waals surface area contributed by atoms with Crippen LogP contribution in [0.2, 0.25) is 24.7 Å². The van der Waals surface area contributed by atoms with Crippen LogP contribution in [0.5, 0.6) is 0 Å². The average Bonchev–Trinajstić information content (AvgIpc) is 3.01. The van der Waals surface area contributed by atoms with Gasteiger partial charge >= 0.3 is 0 Å². The van der Waals surface area contributed by atoms with Crippen molar-refractivity contribution in [2.24, 2.45) is 0 Å². The molecule has 0 amide bonds. The summed E-state index contributed by atoms with van der Waals surface area (Å²) < 4.78 is 0. The summed E-state index contributed by atoms with van der Waals surface area (Å²) >= 11 is 6.10. The van der Waals surface area contributed by atoms with Crippen LogP contribution in [-0.4, -0.2) is 13.0 Å². The number of nitro groups is 1. The van der Waals surface area contributed by atoms with Gasteiger partial charge in [0.25, 0.3) is 5.69 Å². The third-order valence-corrected chi connectivity index (χ3v) is 10.1. The van der Waals surface area contributed by atoms with Gasteiger partial charge in [0.15, 0.2) is 0 Å². The van der Waals surface area contributed by atoms with Gasteiger partial charge in [-0.3, -0.25) is 10.1 Å². The summed E-state index contributed by atoms with van der Waals surface area (Å²) in [4.78, 5) is 13.8. The summed E-state index contributed by atoms with van der Waals surface area (Å²) in [7, 11) is -1.41. The van der Waals surface area contributed by atoms with Gasteiger partial charge in [-0.2, -0.15) is 0 Å². The Morgan fingerprint density at radius 3 is 1.72 bits per heavy atom. The van der Waals surface area contributed by atoms with E-state index in [0.717, 1.165) is 44.5 Å². The predicted molar refractivity (Wildman–Crippen MR) is 184 cm³/mol. The molecular formula is C37H31ClN2O2Si. The number of para-hydroxylation sites is 1. The van der Waals surface area contributed by atoms with Crippen LogP contribution in [0.1, 0.15) is 0 Å². The number of anilines is 3. The minimum atomic E-state index is -1.41. The number of benzene rings is 6. The van der Waals surface area contributed by atoms with Gasteiger partial charge in [0.05, 0.1) is 18.6 Å². The van der Waals surface area contributed by atoms with Crippen LogP contribution in [0.15, 0.2) is 133 Å². The smallest absolute Gasteiger partial charge is 0.278 e. The first-order valence-electron chi connectivity index (χ1n) is 14.2. The molecule has 6 aromatic carbocycles. The highest BCUT2D eigenvalue weighted by molar-refractivity contribution is 6.88. The minimum Gasteiger partial charge on any atom is -0.311 e. The first-order chi connectivity index (χ1) is 20.7. The zero-order chi connectivity index (χ0) is 30.1. The molecule has 0 saturated heterocycles. The van der Waals surface area contributed by atoms with E-state index in [9.17, 15) is 10.1 Å². The molecule has 212 valence electrons. The summed E-state index contributed by atoms with van der Waals surface area (Å²) in [6.45, 7) is 7.09. The van der Waals surface area contributed by atoms with Gasteiger partial charge in [0.1, 0.15) is 0 Å². The SMILES string of the molecule is C[Si](C)(C)c1ccc(N(c2ccccc2)c2ccc(-c3ccc(-c4ccc(Cl)cc4[N+](=O)[O-])c4ccccc34)cc2)cc1. The van der Waals surface area contributed by atoms with Crippen LogP contribution in [0.25, 0.3) is 33.0 Å². The maximum Gasteiger partial charge on any atom is 0.278 e. The van der Waals surface area contributed by atoms with Crippen molar-refractivity contribution >= 4 is 58.4 Å². The molecule has 6 rings (SSSR count). The summed E-state index contributed by atoms with van der Waals surface area (Å²) in [6, 6.07) is 44.9. The van der Waals surface area contributed by atoms with Crippen molar-refractivity contribution < 1.29 is 4.92 Å². The highest BCUT2D eigenvalue weighted by Crippen LogP contribution is 2.41. The monoisotopic (exact) mass is 598 g/mol. The number of halogens is 1. The van der Waals surface area contributed by atoms with E-state index < -0.39 is 8.07 Å². The van der Waals surface area contributed by atoms with Crippen molar-refractivity contribution in [1.29, 1.82) is 0 Å². The van der Waals surface area contributed by atoms with Gasteiger partial charge in [0.2, 0.25) is 0 Å². The number of rotatable bonds is 7. The maximum atomic E-state index is 11.9. The fourth-order valence-electron chi connectivity index (χ4n) is 5.59. The second kappa shape index (κ2) is 11.5. The van der Waals surface area contributed by atoms with Crippen molar-refractivity contribution in [1.82, 2.24) is 0 Å². The highest BCUT2D eigenvalue weighted by atomic mass is 35.5. The molecule has 0 radical (unpaired) electrons. The van der Waals surface area contributed by atoms with Crippen LogP contribution in [0.3, 0.4) is 0 Å². The van der Waals surface area contributed by atoms with E-state index in [1.165, 1.54) is 11.3 Å². The molecular weight excluding hydrogens is 568 g/mol. The van der Waals surface area contributed by atoms with Crippen LogP contribution in [0, 0.1) is 10.1 Å². The van der Waals surface area contributed by atoms with Gasteiger partial charge in [-0.15, -0.1) is 0 Å². The Morgan fingerprint density at radius 1 is 0.605 bits per heavy atom. The third-order valence-electron chi connectivity index (χ3n) is 7.81. The van der Waals surface area contributed by atoms with E-state index in [0.29, 0.717) is 10.6 Å². The summed E-state index contributed by atoms with van der Waals surface area (Å²) in [5.41, 5.74) is 6.74. The summed E-state index contributed by atoms with van der Waals surface area (Å²) in [5.74, 6) is 0. The molecule has 0 N–H and O–H groups in total. The van der Waals surface area contributed by atoms with Crippen LogP contribution in [0.4, 0.5) is 22.7 Å². The van der Waals surface area contributed by atoms with E-state index in [4.69, 9.17) is 11.6 Å². The van der Waals surface area contributed by atoms with E-state index in [1.54, 1.807) is 12.1 Å². The van der Waals surface area contributed by atoms with Gasteiger partial charge < -0.3 is 4.90 Å². The number of nitrogens with zero attached hydrogens (tertiary/aromatic N) is 2. The maximum absolute atomic E-state index is 11.9. The highest BCUT2D eigenvalue weighted by Gasteiger charge is 2.20. The molecule has 6 heteroatoms. The Morgan fingerprint density at radius 2 is 1.12 bits per heavy atom. The Bertz CT molecular complexity index is 1930. The molecule has 0 aliphatic heterocycles. The van der Waals surface area contributed by atoms with E-state index in [-0.39, 0.29) is 10.6 Å². The molecule has 0 aromatic heterocycles. The topological polar surface area (TPSA) is 46.4 Å². The Kier molecular flexibility index (Phi) is 7.61. The quantitative estimate of drug-likeness (QED) is 0.104. The molecule has 4 nitrogen and oxygen atoms in total. The minimum absolute atomic E-state index is 0.00589. The second-order valence-corrected chi connectivity index (χ2v) is 17.2. The molecule has 0 bridgehead atoms. The molecule has 0 spiro atoms. The van der Waals surface area contributed by atoms with Crippen LogP contribution >= 0.6 is 11.6 Å². The molecule has 0 unspecified atom stereocenters. The number of nitro benzene ring substituents is 1. The van der Waals surface area contributed by atoms with Crippen molar-refractivity contribution in [3.63, 3.8) is 0 Å². The molecule has 43 heavy (non-hydrogen) atoms. The van der Waals surface area contributed by atoms with Crippen molar-refractivity contribution in [2.45, 2.75) is 19.6 Å². The fourth-order valence-corrected chi connectivity index (χ4v) is 6.93. The number of hydrogen-bond acceptors (Lipinski definition) is 3. The van der Waals surface area contributed by atoms with E-state index in [1.807, 2.05) is 30.3 Å². The molecule has 6 aromatic rings. The second-order valence-electron chi connectivity index (χ2n) is 11.6. The summed E-state index contributed by atoms with van der Waals surface area (Å²) in [6.07, 6.45) is 0. The molecule has 0 fully saturated rings. The molecule has 0 heterocycles. The van der Waals surface area contributed by atoms with Crippen LogP contribution < -0.4 is 10.1 Å². The Hall–Kier alpha value is -4.71. The van der Waals surface area contributed by atoms with Gasteiger partial charge in [-0.25, -0.2) is 0 Å². The lowest BCUT2D eigenvalue weighted by Crippen LogP contribution is -2.37. The van der Waals surface area contributed by atoms with Gasteiger partial charge in [-0.05, 0) is 76.0 Å². The standard InChI is InChI=1S/C37H31ClN2O2Si/c1-43(2,3)31-20-18-30(19-21-31)39(28-9-5-4-6-10-28)29-16-13-26(14-17-29)32-23-24-35(34-12-8-7-11-33(32)34)36-22-15-27(38)25-37(36)40(41)42/h4-25H,1-3H3. The first-order valence-corrected chi connectivity index (χ1v) is 18.1. The predicted octanol–water partition coefficient (Wildman–Crippen LogP) is 10.8. The molecule has 0 aliphatic carbocycles. The van der Waals surface area contributed by atoms with Crippen molar-refractivity contribution in [3.05, 3.63) is 149 Å². The van der Waals surface area contributed by atoms with Crippen molar-refractivity contribution in [3.8, 4) is 22.3 Å². The molecule has 0 atom stereocenters. The van der Waals surface area contributed by atoms with E-state index in [2.05, 4.69) is 109 Å². The number of hydrogen-bond donors (Lipinski definition) is 0.